The molecule has 0 unspecified atom stereocenters. The molecule has 100 valence electrons. The van der Waals surface area contributed by atoms with Gasteiger partial charge in [0, 0.05) is 7.05 Å². The highest BCUT2D eigenvalue weighted by molar-refractivity contribution is 5.79. The van der Waals surface area contributed by atoms with Gasteiger partial charge in [-0.25, -0.2) is 9.59 Å². The van der Waals surface area contributed by atoms with Gasteiger partial charge in [-0.1, -0.05) is 19.8 Å². The number of carbonyl (C=O) groups excluding carboxylic acids is 1. The minimum absolute atomic E-state index is 0.446. The van der Waals surface area contributed by atoms with Gasteiger partial charge in [-0.2, -0.15) is 0 Å². The summed E-state index contributed by atoms with van der Waals surface area (Å²) in [7, 11) is 1.46. The van der Waals surface area contributed by atoms with Crippen molar-refractivity contribution in [3.8, 4) is 0 Å². The first-order chi connectivity index (χ1) is 7.69. The van der Waals surface area contributed by atoms with Crippen LogP contribution in [-0.2, 0) is 9.53 Å². The van der Waals surface area contributed by atoms with Crippen molar-refractivity contribution in [3.63, 3.8) is 0 Å². The Morgan fingerprint density at radius 3 is 2.24 bits per heavy atom. The highest BCUT2D eigenvalue weighted by atomic mass is 16.6. The second kappa shape index (κ2) is 6.47. The first-order valence-electron chi connectivity index (χ1n) is 5.87. The van der Waals surface area contributed by atoms with Crippen molar-refractivity contribution >= 4 is 12.1 Å². The largest absolute Gasteiger partial charge is 0.480 e. The molecule has 0 aliphatic carbocycles. The van der Waals surface area contributed by atoms with Crippen LogP contribution < -0.4 is 0 Å². The molecule has 0 aromatic carbocycles. The maximum atomic E-state index is 11.7. The Morgan fingerprint density at radius 1 is 1.35 bits per heavy atom. The molecule has 0 aromatic heterocycles. The van der Waals surface area contributed by atoms with E-state index < -0.39 is 23.7 Å². The maximum Gasteiger partial charge on any atom is 0.410 e. The molecule has 0 fully saturated rings. The summed E-state index contributed by atoms with van der Waals surface area (Å²) in [6, 6.07) is -0.815. The van der Waals surface area contributed by atoms with Crippen LogP contribution in [0.4, 0.5) is 4.79 Å². The summed E-state index contributed by atoms with van der Waals surface area (Å²) in [5, 5.41) is 9.07. The predicted octanol–water partition coefficient (Wildman–Crippen LogP) is 2.50. The van der Waals surface area contributed by atoms with Crippen LogP contribution in [0, 0.1) is 0 Å². The Bertz CT molecular complexity index is 270. The van der Waals surface area contributed by atoms with E-state index in [1.807, 2.05) is 6.92 Å². The lowest BCUT2D eigenvalue weighted by molar-refractivity contribution is -0.142. The smallest absolute Gasteiger partial charge is 0.410 e. The van der Waals surface area contributed by atoms with E-state index in [1.165, 1.54) is 7.05 Å². The third kappa shape index (κ3) is 6.14. The van der Waals surface area contributed by atoms with E-state index in [1.54, 1.807) is 20.8 Å². The number of ether oxygens (including phenoxy) is 1. The van der Waals surface area contributed by atoms with Crippen LogP contribution in [0.3, 0.4) is 0 Å². The fourth-order valence-electron chi connectivity index (χ4n) is 1.34. The number of nitrogens with zero attached hydrogens (tertiary/aromatic N) is 1. The summed E-state index contributed by atoms with van der Waals surface area (Å²) >= 11 is 0. The lowest BCUT2D eigenvalue weighted by atomic mass is 10.1. The molecule has 5 heteroatoms. The fraction of sp³-hybridized carbons (Fsp3) is 0.833. The molecule has 0 aromatic rings. The first-order valence-corrected chi connectivity index (χ1v) is 5.87. The van der Waals surface area contributed by atoms with Crippen LogP contribution in [0.25, 0.3) is 0 Å². The number of carboxylic acid groups (broad SMARTS) is 1. The lowest BCUT2D eigenvalue weighted by Gasteiger charge is -2.28. The Kier molecular flexibility index (Phi) is 5.99. The summed E-state index contributed by atoms with van der Waals surface area (Å²) in [5.41, 5.74) is -0.612. The zero-order valence-corrected chi connectivity index (χ0v) is 11.3. The highest BCUT2D eigenvalue weighted by Crippen LogP contribution is 2.13. The number of aliphatic carboxylic acids is 1. The molecule has 5 nitrogen and oxygen atoms in total. The molecule has 0 heterocycles. The van der Waals surface area contributed by atoms with Gasteiger partial charge in [-0.15, -0.1) is 0 Å². The van der Waals surface area contributed by atoms with Crippen molar-refractivity contribution < 1.29 is 19.4 Å². The average Bonchev–Trinajstić information content (AvgIpc) is 2.14. The fourth-order valence-corrected chi connectivity index (χ4v) is 1.34. The SMILES string of the molecule is CCCC[C@@H](C(=O)O)N(C)C(=O)OC(C)(C)C. The molecule has 1 atom stereocenters. The van der Waals surface area contributed by atoms with Gasteiger partial charge in [0.15, 0.2) is 0 Å². The summed E-state index contributed by atoms with van der Waals surface area (Å²) < 4.78 is 5.13. The van der Waals surface area contributed by atoms with Gasteiger partial charge >= 0.3 is 12.1 Å². The average molecular weight is 245 g/mol. The second-order valence-corrected chi connectivity index (χ2v) is 5.09. The van der Waals surface area contributed by atoms with E-state index in [-0.39, 0.29) is 0 Å². The van der Waals surface area contributed by atoms with Crippen molar-refractivity contribution in [1.29, 1.82) is 0 Å². The van der Waals surface area contributed by atoms with Gasteiger partial charge < -0.3 is 9.84 Å². The molecule has 17 heavy (non-hydrogen) atoms. The molecule has 0 saturated carbocycles. The van der Waals surface area contributed by atoms with Crippen molar-refractivity contribution in [3.05, 3.63) is 0 Å². The summed E-state index contributed by atoms with van der Waals surface area (Å²) in [6.45, 7) is 7.23. The van der Waals surface area contributed by atoms with E-state index in [2.05, 4.69) is 0 Å². The summed E-state index contributed by atoms with van der Waals surface area (Å²) in [4.78, 5) is 23.9. The van der Waals surface area contributed by atoms with Crippen LogP contribution >= 0.6 is 0 Å². The number of likely N-dealkylation sites (N-methyl/N-ethyl adjacent to an activating group) is 1. The first kappa shape index (κ1) is 15.7. The number of hydrogen-bond acceptors (Lipinski definition) is 3. The van der Waals surface area contributed by atoms with Crippen LogP contribution in [-0.4, -0.2) is 40.8 Å². The van der Waals surface area contributed by atoms with Gasteiger partial charge in [-0.05, 0) is 27.2 Å². The van der Waals surface area contributed by atoms with E-state index in [0.29, 0.717) is 6.42 Å². The molecule has 0 spiro atoms. The van der Waals surface area contributed by atoms with Gasteiger partial charge in [0.2, 0.25) is 0 Å². The third-order valence-electron chi connectivity index (χ3n) is 2.27. The van der Waals surface area contributed by atoms with E-state index >= 15 is 0 Å². The predicted molar refractivity (Wildman–Crippen MR) is 64.9 cm³/mol. The third-order valence-corrected chi connectivity index (χ3v) is 2.27. The number of unbranched alkanes of at least 4 members (excludes halogenated alkanes) is 1. The van der Waals surface area contributed by atoms with Gasteiger partial charge in [0.25, 0.3) is 0 Å². The Labute approximate surface area is 103 Å². The monoisotopic (exact) mass is 245 g/mol. The topological polar surface area (TPSA) is 66.8 Å². The molecule has 0 rings (SSSR count). The van der Waals surface area contributed by atoms with Gasteiger partial charge in [0.1, 0.15) is 11.6 Å². The summed E-state index contributed by atoms with van der Waals surface area (Å²) in [5.74, 6) is -0.994. The molecule has 0 radical (unpaired) electrons. The molecule has 1 N–H and O–H groups in total. The Balaban J connectivity index is 4.55. The highest BCUT2D eigenvalue weighted by Gasteiger charge is 2.29. The standard InChI is InChI=1S/C12H23NO4/c1-6-7-8-9(10(14)15)13(5)11(16)17-12(2,3)4/h9H,6-8H2,1-5H3,(H,14,15)/t9-/m0/s1. The van der Waals surface area contributed by atoms with Crippen LogP contribution in [0.5, 0.6) is 0 Å². The van der Waals surface area contributed by atoms with E-state index in [4.69, 9.17) is 9.84 Å². The second-order valence-electron chi connectivity index (χ2n) is 5.09. The zero-order valence-electron chi connectivity index (χ0n) is 11.3. The quantitative estimate of drug-likeness (QED) is 0.808. The molecular formula is C12H23NO4. The number of amides is 1. The number of carboxylic acids is 1. The minimum atomic E-state index is -0.994. The molecule has 0 saturated heterocycles. The number of hydrogen-bond donors (Lipinski definition) is 1. The summed E-state index contributed by atoms with van der Waals surface area (Å²) in [6.07, 6.45) is 1.51. The Hall–Kier alpha value is -1.26. The van der Waals surface area contributed by atoms with Crippen molar-refractivity contribution in [1.82, 2.24) is 4.90 Å². The van der Waals surface area contributed by atoms with Crippen LogP contribution in [0.2, 0.25) is 0 Å². The number of rotatable bonds is 5. The van der Waals surface area contributed by atoms with Gasteiger partial charge in [0.05, 0.1) is 0 Å². The normalized spacial score (nSPS) is 13.0. The van der Waals surface area contributed by atoms with Crippen molar-refractivity contribution in [2.45, 2.75) is 58.6 Å². The van der Waals surface area contributed by atoms with E-state index in [9.17, 15) is 9.59 Å². The molecule has 1 amide bonds. The molecular weight excluding hydrogens is 222 g/mol. The minimum Gasteiger partial charge on any atom is -0.480 e. The van der Waals surface area contributed by atoms with E-state index in [0.717, 1.165) is 17.7 Å². The molecule has 0 bridgehead atoms. The number of carbonyl (C=O) groups is 2. The van der Waals surface area contributed by atoms with Gasteiger partial charge in [-0.3, -0.25) is 4.90 Å². The molecule has 0 aliphatic heterocycles. The Morgan fingerprint density at radius 2 is 1.88 bits per heavy atom. The van der Waals surface area contributed by atoms with Crippen LogP contribution in [0.15, 0.2) is 0 Å². The lowest BCUT2D eigenvalue weighted by Crippen LogP contribution is -2.44. The maximum absolute atomic E-state index is 11.7. The molecule has 0 aliphatic rings. The van der Waals surface area contributed by atoms with Crippen molar-refractivity contribution in [2.24, 2.45) is 0 Å². The zero-order chi connectivity index (χ0) is 13.6. The van der Waals surface area contributed by atoms with Crippen LogP contribution in [0.1, 0.15) is 47.0 Å². The van der Waals surface area contributed by atoms with Crippen molar-refractivity contribution in [2.75, 3.05) is 7.05 Å².